The van der Waals surface area contributed by atoms with Crippen molar-refractivity contribution in [2.45, 2.75) is 66.7 Å². The molecule has 0 spiro atoms. The minimum Gasteiger partial charge on any atom is -0.369 e. The fourth-order valence-corrected chi connectivity index (χ4v) is 7.00. The van der Waals surface area contributed by atoms with E-state index in [-0.39, 0.29) is 36.3 Å². The van der Waals surface area contributed by atoms with Gasteiger partial charge in [-0.3, -0.25) is 23.5 Å². The molecule has 8 aromatic rings. The van der Waals surface area contributed by atoms with Gasteiger partial charge in [0, 0.05) is 48.4 Å². The Morgan fingerprint density at radius 1 is 0.639 bits per heavy atom. The predicted molar refractivity (Wildman–Crippen MR) is 242 cm³/mol. The van der Waals surface area contributed by atoms with Crippen LogP contribution in [-0.4, -0.2) is 35.0 Å². The van der Waals surface area contributed by atoms with E-state index in [4.69, 9.17) is 5.73 Å². The third-order valence-electron chi connectivity index (χ3n) is 10.8. The van der Waals surface area contributed by atoms with Gasteiger partial charge in [-0.1, -0.05) is 72.8 Å². The molecule has 0 unspecified atom stereocenters. The molecule has 0 bridgehead atoms. The van der Waals surface area contributed by atoms with Gasteiger partial charge in [-0.2, -0.15) is 15.2 Å². The van der Waals surface area contributed by atoms with Crippen molar-refractivity contribution in [3.63, 3.8) is 0 Å². The van der Waals surface area contributed by atoms with Gasteiger partial charge in [-0.05, 0) is 98.5 Å². The number of carbonyl (C=O) groups is 1. The average molecular weight is 813 g/mol. The number of nitrogens with one attached hydrogen (secondary N) is 2. The van der Waals surface area contributed by atoms with Crippen molar-refractivity contribution >= 4 is 61.4 Å². The summed E-state index contributed by atoms with van der Waals surface area (Å²) in [5, 5.41) is 22.2. The molecule has 2 atom stereocenters. The molecule has 8 rings (SSSR count). The fourth-order valence-electron chi connectivity index (χ4n) is 7.00. The maximum Gasteiger partial charge on any atom is 0.252 e. The van der Waals surface area contributed by atoms with Crippen LogP contribution in [0.1, 0.15) is 64.8 Å². The first kappa shape index (κ1) is 41.7. The zero-order valence-corrected chi connectivity index (χ0v) is 35.0. The zero-order chi connectivity index (χ0) is 43.5. The Hall–Kier alpha value is -7.46. The molecular weight excluding hydrogens is 765 g/mol. The van der Waals surface area contributed by atoms with Crippen LogP contribution >= 0.6 is 0 Å². The summed E-state index contributed by atoms with van der Waals surface area (Å²) < 4.78 is 3.03. The number of nitrogens with two attached hydrogens (primary N) is 1. The van der Waals surface area contributed by atoms with Gasteiger partial charge in [-0.15, -0.1) is 0 Å². The maximum atomic E-state index is 12.5. The highest BCUT2D eigenvalue weighted by Crippen LogP contribution is 2.26. The van der Waals surface area contributed by atoms with Crippen LogP contribution in [0.25, 0.3) is 43.6 Å². The standard InChI is InChI=1S/C24H25N5O2.C24H23N5O/c1-15(17-9-8-16-6-4-5-7-18(16)12-17)27-23-26-13-19-10-11-20(30)29(21(19)28-23)14-24(2,3)22(25)31;1-16(18-9-8-17-6-4-5-7-19(17)12-18)27-23-26-13-20-10-11-21(30)29(22(20)28-23)15-24(2,3)14-25/h4-13,15H,14H2,1-3H3,(H2,25,31)(H,26,27,28);4-13,16H,15H2,1-3H3,(H,26,27,28)/t15-;16-/m00/s1. The number of aromatic nitrogens is 6. The van der Waals surface area contributed by atoms with Gasteiger partial charge >= 0.3 is 0 Å². The summed E-state index contributed by atoms with van der Waals surface area (Å²) in [7, 11) is 0. The summed E-state index contributed by atoms with van der Waals surface area (Å²) in [6.07, 6.45) is 3.37. The highest BCUT2D eigenvalue weighted by molar-refractivity contribution is 5.84. The van der Waals surface area contributed by atoms with Gasteiger partial charge < -0.3 is 16.4 Å². The van der Waals surface area contributed by atoms with Crippen molar-refractivity contribution in [1.29, 1.82) is 5.26 Å². The molecule has 0 radical (unpaired) electrons. The molecule has 13 heteroatoms. The van der Waals surface area contributed by atoms with Crippen molar-refractivity contribution in [3.05, 3.63) is 153 Å². The van der Waals surface area contributed by atoms with Crippen LogP contribution < -0.4 is 27.5 Å². The lowest BCUT2D eigenvalue weighted by Crippen LogP contribution is -2.38. The van der Waals surface area contributed by atoms with Crippen LogP contribution in [0.2, 0.25) is 0 Å². The summed E-state index contributed by atoms with van der Waals surface area (Å²) in [6.45, 7) is 11.5. The average Bonchev–Trinajstić information content (AvgIpc) is 3.25. The van der Waals surface area contributed by atoms with E-state index in [1.807, 2.05) is 31.2 Å². The summed E-state index contributed by atoms with van der Waals surface area (Å²) in [6, 6.07) is 37.6. The highest BCUT2D eigenvalue weighted by Gasteiger charge is 2.27. The van der Waals surface area contributed by atoms with Crippen LogP contribution in [0.5, 0.6) is 0 Å². The molecule has 0 aliphatic rings. The van der Waals surface area contributed by atoms with Crippen LogP contribution in [0.4, 0.5) is 11.9 Å². The van der Waals surface area contributed by atoms with E-state index < -0.39 is 16.7 Å². The van der Waals surface area contributed by atoms with Crippen molar-refractivity contribution in [2.24, 2.45) is 16.6 Å². The Bertz CT molecular complexity index is 3090. The molecule has 4 N–H and O–H groups in total. The molecule has 4 aromatic heterocycles. The van der Waals surface area contributed by atoms with Gasteiger partial charge in [0.25, 0.3) is 11.1 Å². The van der Waals surface area contributed by atoms with E-state index >= 15 is 0 Å². The first-order valence-corrected chi connectivity index (χ1v) is 20.1. The third-order valence-corrected chi connectivity index (χ3v) is 10.8. The first-order chi connectivity index (χ1) is 29.1. The number of primary amides is 1. The molecule has 4 aromatic carbocycles. The molecule has 0 aliphatic heterocycles. The van der Waals surface area contributed by atoms with Gasteiger partial charge in [0.2, 0.25) is 17.8 Å². The highest BCUT2D eigenvalue weighted by atomic mass is 16.1. The number of benzene rings is 4. The van der Waals surface area contributed by atoms with Crippen LogP contribution in [-0.2, 0) is 17.9 Å². The summed E-state index contributed by atoms with van der Waals surface area (Å²) in [4.78, 5) is 54.9. The number of rotatable bonds is 11. The van der Waals surface area contributed by atoms with Crippen LogP contribution in [0, 0.1) is 22.2 Å². The number of hydrogen-bond acceptors (Lipinski definition) is 10. The molecule has 0 fully saturated rings. The lowest BCUT2D eigenvalue weighted by molar-refractivity contribution is -0.126. The molecular formula is C48H48N10O3. The predicted octanol–water partition coefficient (Wildman–Crippen LogP) is 8.30. The quantitative estimate of drug-likeness (QED) is 0.115. The summed E-state index contributed by atoms with van der Waals surface area (Å²) in [5.41, 5.74) is 6.71. The monoisotopic (exact) mass is 812 g/mol. The second-order valence-corrected chi connectivity index (χ2v) is 16.6. The molecule has 4 heterocycles. The SMILES string of the molecule is C[C@H](Nc1ncc2ccc(=O)n(CC(C)(C)C#N)c2n1)c1ccc2ccccc2c1.C[C@H](Nc1ncc2ccc(=O)n(CC(C)(C)C(N)=O)c2n1)c1ccc2ccccc2c1. The number of nitriles is 1. The van der Waals surface area contributed by atoms with Crippen LogP contribution in [0.15, 0.2) is 131 Å². The number of nitrogens with zero attached hydrogens (tertiary/aromatic N) is 7. The normalized spacial score (nSPS) is 12.7. The molecule has 61 heavy (non-hydrogen) atoms. The van der Waals surface area contributed by atoms with E-state index in [0.29, 0.717) is 28.6 Å². The van der Waals surface area contributed by atoms with Gasteiger partial charge in [-0.25, -0.2) is 9.97 Å². The Morgan fingerprint density at radius 3 is 1.48 bits per heavy atom. The van der Waals surface area contributed by atoms with Gasteiger partial charge in [0.05, 0.1) is 29.0 Å². The fraction of sp³-hybridized carbons (Fsp3) is 0.250. The van der Waals surface area contributed by atoms with Crippen molar-refractivity contribution < 1.29 is 4.79 Å². The van der Waals surface area contributed by atoms with E-state index in [2.05, 4.69) is 104 Å². The summed E-state index contributed by atoms with van der Waals surface area (Å²) in [5.74, 6) is 0.371. The molecule has 0 saturated heterocycles. The molecule has 308 valence electrons. The van der Waals surface area contributed by atoms with E-state index in [9.17, 15) is 19.6 Å². The second kappa shape index (κ2) is 17.0. The van der Waals surface area contributed by atoms with Gasteiger partial charge in [0.15, 0.2) is 0 Å². The van der Waals surface area contributed by atoms with Crippen molar-refractivity contribution in [1.82, 2.24) is 29.1 Å². The summed E-state index contributed by atoms with van der Waals surface area (Å²) >= 11 is 0. The van der Waals surface area contributed by atoms with E-state index in [1.54, 1.807) is 56.8 Å². The zero-order valence-electron chi connectivity index (χ0n) is 35.0. The lowest BCUT2D eigenvalue weighted by Gasteiger charge is -2.22. The van der Waals surface area contributed by atoms with Crippen LogP contribution in [0.3, 0.4) is 0 Å². The molecule has 13 nitrogen and oxygen atoms in total. The Kier molecular flexibility index (Phi) is 11.6. The van der Waals surface area contributed by atoms with Crippen molar-refractivity contribution in [2.75, 3.05) is 10.6 Å². The van der Waals surface area contributed by atoms with Crippen molar-refractivity contribution in [3.8, 4) is 6.07 Å². The third kappa shape index (κ3) is 9.39. The van der Waals surface area contributed by atoms with E-state index in [1.165, 1.54) is 32.9 Å². The molecule has 0 saturated carbocycles. The lowest BCUT2D eigenvalue weighted by atomic mass is 9.92. The molecule has 1 amide bonds. The minimum atomic E-state index is -0.894. The number of fused-ring (bicyclic) bond motifs is 4. The Labute approximate surface area is 352 Å². The smallest absolute Gasteiger partial charge is 0.252 e. The number of pyridine rings is 2. The van der Waals surface area contributed by atoms with E-state index in [0.717, 1.165) is 21.9 Å². The maximum absolute atomic E-state index is 12.5. The first-order valence-electron chi connectivity index (χ1n) is 20.1. The second-order valence-electron chi connectivity index (χ2n) is 16.6. The topological polar surface area (TPSA) is 186 Å². The number of amides is 1. The Balaban J connectivity index is 0.000000184. The molecule has 0 aliphatic carbocycles. The number of hydrogen-bond donors (Lipinski definition) is 3. The minimum absolute atomic E-state index is 0.0218. The number of anilines is 2. The van der Waals surface area contributed by atoms with Gasteiger partial charge in [0.1, 0.15) is 11.3 Å². The largest absolute Gasteiger partial charge is 0.369 e. The number of carbonyl (C=O) groups excluding carboxylic acids is 1. The Morgan fingerprint density at radius 2 is 1.05 bits per heavy atom.